The van der Waals surface area contributed by atoms with E-state index in [0.29, 0.717) is 11.8 Å². The molecule has 0 aromatic heterocycles. The fourth-order valence-corrected chi connectivity index (χ4v) is 4.83. The van der Waals surface area contributed by atoms with E-state index in [1.807, 2.05) is 0 Å². The molecule has 0 aliphatic heterocycles. The molecule has 0 amide bonds. The number of unbranched alkanes of at least 4 members (excludes halogenated alkanes) is 4. The minimum Gasteiger partial charge on any atom is -0.393 e. The number of rotatable bonds is 22. The maximum Gasteiger partial charge on any atom is 0.0631 e. The molecule has 0 heterocycles. The van der Waals surface area contributed by atoms with Crippen molar-refractivity contribution in [3.05, 3.63) is 0 Å². The summed E-state index contributed by atoms with van der Waals surface area (Å²) in [4.78, 5) is 0. The molecule has 0 aliphatic carbocycles. The number of ether oxygens (including phenoxy) is 1. The molecular formula is C28H58O3. The highest BCUT2D eigenvalue weighted by atomic mass is 16.5. The Kier molecular flexibility index (Phi) is 20.4. The maximum absolute atomic E-state index is 10.7. The van der Waals surface area contributed by atoms with E-state index in [-0.39, 0.29) is 24.4 Å². The van der Waals surface area contributed by atoms with Gasteiger partial charge in [0.05, 0.1) is 24.4 Å². The summed E-state index contributed by atoms with van der Waals surface area (Å²) in [6.45, 7) is 13.4. The van der Waals surface area contributed by atoms with Crippen LogP contribution in [-0.4, -0.2) is 34.6 Å². The third kappa shape index (κ3) is 14.6. The van der Waals surface area contributed by atoms with Crippen LogP contribution in [0.3, 0.4) is 0 Å². The van der Waals surface area contributed by atoms with E-state index in [1.54, 1.807) is 0 Å². The second kappa shape index (κ2) is 20.5. The summed E-state index contributed by atoms with van der Waals surface area (Å²) >= 11 is 0. The van der Waals surface area contributed by atoms with Gasteiger partial charge in [-0.05, 0) is 50.4 Å². The molecule has 0 aliphatic rings. The lowest BCUT2D eigenvalue weighted by Crippen LogP contribution is -2.37. The number of aliphatic hydroxyl groups excluding tert-OH is 2. The van der Waals surface area contributed by atoms with Gasteiger partial charge in [0.15, 0.2) is 0 Å². The molecule has 0 bridgehead atoms. The first-order valence-electron chi connectivity index (χ1n) is 14.0. The van der Waals surface area contributed by atoms with Gasteiger partial charge in [-0.2, -0.15) is 0 Å². The molecule has 0 saturated heterocycles. The standard InChI is InChI=1S/C28H58O3/c1-7-13-17-23(11-5)27(21-25(29)19-15-9-3)31-28(22-26(30)20-16-10-4)24(12-6)18-14-8-2/h23-30H,7-22H2,1-6H3. The summed E-state index contributed by atoms with van der Waals surface area (Å²) in [5, 5.41) is 21.5. The summed E-state index contributed by atoms with van der Waals surface area (Å²) in [6.07, 6.45) is 16.7. The number of hydrogen-bond donors (Lipinski definition) is 2. The molecule has 188 valence electrons. The van der Waals surface area contributed by atoms with Gasteiger partial charge >= 0.3 is 0 Å². The van der Waals surface area contributed by atoms with E-state index in [1.165, 1.54) is 38.5 Å². The SMILES string of the molecule is CCCCC(O)CC(OC(CC(O)CCCC)C(CC)CCCC)C(CC)CCCC. The van der Waals surface area contributed by atoms with E-state index >= 15 is 0 Å². The van der Waals surface area contributed by atoms with Gasteiger partial charge in [0, 0.05) is 0 Å². The molecule has 0 aromatic carbocycles. The lowest BCUT2D eigenvalue weighted by Gasteiger charge is -2.36. The zero-order chi connectivity index (χ0) is 23.5. The van der Waals surface area contributed by atoms with E-state index in [4.69, 9.17) is 4.74 Å². The lowest BCUT2D eigenvalue weighted by atomic mass is 9.86. The molecule has 3 heteroatoms. The first-order valence-corrected chi connectivity index (χ1v) is 14.0. The first-order chi connectivity index (χ1) is 15.0. The second-order valence-corrected chi connectivity index (χ2v) is 9.90. The molecule has 0 aromatic rings. The van der Waals surface area contributed by atoms with Crippen LogP contribution < -0.4 is 0 Å². The predicted molar refractivity (Wildman–Crippen MR) is 136 cm³/mol. The average molecular weight is 443 g/mol. The van der Waals surface area contributed by atoms with Gasteiger partial charge in [0.25, 0.3) is 0 Å². The largest absolute Gasteiger partial charge is 0.393 e. The summed E-state index contributed by atoms with van der Waals surface area (Å²) in [5.74, 6) is 0.991. The van der Waals surface area contributed by atoms with Crippen LogP contribution in [0.25, 0.3) is 0 Å². The van der Waals surface area contributed by atoms with Crippen molar-refractivity contribution in [3.8, 4) is 0 Å². The minimum absolute atomic E-state index is 0.0995. The van der Waals surface area contributed by atoms with Crippen LogP contribution in [0.5, 0.6) is 0 Å². The van der Waals surface area contributed by atoms with Crippen molar-refractivity contribution in [2.45, 2.75) is 169 Å². The van der Waals surface area contributed by atoms with E-state index in [9.17, 15) is 10.2 Å². The van der Waals surface area contributed by atoms with Gasteiger partial charge in [0.1, 0.15) is 0 Å². The van der Waals surface area contributed by atoms with Crippen molar-refractivity contribution < 1.29 is 14.9 Å². The zero-order valence-electron chi connectivity index (χ0n) is 22.1. The van der Waals surface area contributed by atoms with Crippen LogP contribution in [0.1, 0.15) is 144 Å². The normalized spacial score (nSPS) is 17.8. The minimum atomic E-state index is -0.276. The Morgan fingerprint density at radius 2 is 0.839 bits per heavy atom. The predicted octanol–water partition coefficient (Wildman–Crippen LogP) is 8.06. The fraction of sp³-hybridized carbons (Fsp3) is 1.00. The van der Waals surface area contributed by atoms with Gasteiger partial charge in [-0.1, -0.05) is 106 Å². The first kappa shape index (κ1) is 30.9. The van der Waals surface area contributed by atoms with Crippen LogP contribution in [0, 0.1) is 11.8 Å². The highest BCUT2D eigenvalue weighted by molar-refractivity contribution is 4.80. The monoisotopic (exact) mass is 442 g/mol. The number of hydrogen-bond acceptors (Lipinski definition) is 3. The molecule has 0 rings (SSSR count). The summed E-state index contributed by atoms with van der Waals surface area (Å²) in [5.41, 5.74) is 0. The average Bonchev–Trinajstić information content (AvgIpc) is 2.76. The number of aliphatic hydroxyl groups is 2. The molecule has 6 unspecified atom stereocenters. The Morgan fingerprint density at radius 1 is 0.516 bits per heavy atom. The Bertz CT molecular complexity index is 339. The molecule has 2 N–H and O–H groups in total. The van der Waals surface area contributed by atoms with Gasteiger partial charge in [-0.15, -0.1) is 0 Å². The van der Waals surface area contributed by atoms with Crippen molar-refractivity contribution in [2.24, 2.45) is 11.8 Å². The van der Waals surface area contributed by atoms with Gasteiger partial charge in [0.2, 0.25) is 0 Å². The highest BCUT2D eigenvalue weighted by Gasteiger charge is 2.31. The van der Waals surface area contributed by atoms with Crippen molar-refractivity contribution in [1.29, 1.82) is 0 Å². The topological polar surface area (TPSA) is 49.7 Å². The molecule has 0 spiro atoms. The van der Waals surface area contributed by atoms with E-state index in [2.05, 4.69) is 41.5 Å². The van der Waals surface area contributed by atoms with Crippen LogP contribution in [0.15, 0.2) is 0 Å². The van der Waals surface area contributed by atoms with Gasteiger partial charge in [-0.3, -0.25) is 0 Å². The van der Waals surface area contributed by atoms with Crippen molar-refractivity contribution >= 4 is 0 Å². The van der Waals surface area contributed by atoms with Crippen molar-refractivity contribution in [2.75, 3.05) is 0 Å². The smallest absolute Gasteiger partial charge is 0.0631 e. The zero-order valence-corrected chi connectivity index (χ0v) is 22.1. The Labute approximate surface area is 195 Å². The summed E-state index contributed by atoms with van der Waals surface area (Å²) in [7, 11) is 0. The summed E-state index contributed by atoms with van der Waals surface area (Å²) in [6, 6.07) is 0. The van der Waals surface area contributed by atoms with Crippen LogP contribution in [0.4, 0.5) is 0 Å². The fourth-order valence-electron chi connectivity index (χ4n) is 4.83. The maximum atomic E-state index is 10.7. The lowest BCUT2D eigenvalue weighted by molar-refractivity contribution is -0.105. The molecule has 3 nitrogen and oxygen atoms in total. The second-order valence-electron chi connectivity index (χ2n) is 9.90. The van der Waals surface area contributed by atoms with Gasteiger partial charge in [-0.25, -0.2) is 0 Å². The Hall–Kier alpha value is -0.120. The Balaban J connectivity index is 5.49. The quantitative estimate of drug-likeness (QED) is 0.178. The molecule has 0 radical (unpaired) electrons. The van der Waals surface area contributed by atoms with Crippen LogP contribution in [-0.2, 0) is 4.74 Å². The molecule has 31 heavy (non-hydrogen) atoms. The molecule has 6 atom stereocenters. The molecule has 0 fully saturated rings. The third-order valence-corrected chi connectivity index (χ3v) is 7.10. The third-order valence-electron chi connectivity index (χ3n) is 7.10. The summed E-state index contributed by atoms with van der Waals surface area (Å²) < 4.78 is 6.93. The highest BCUT2D eigenvalue weighted by Crippen LogP contribution is 2.31. The van der Waals surface area contributed by atoms with Crippen LogP contribution >= 0.6 is 0 Å². The van der Waals surface area contributed by atoms with Gasteiger partial charge < -0.3 is 14.9 Å². The van der Waals surface area contributed by atoms with Crippen LogP contribution in [0.2, 0.25) is 0 Å². The van der Waals surface area contributed by atoms with Crippen molar-refractivity contribution in [1.82, 2.24) is 0 Å². The molecule has 0 saturated carbocycles. The van der Waals surface area contributed by atoms with E-state index < -0.39 is 0 Å². The van der Waals surface area contributed by atoms with E-state index in [0.717, 1.165) is 64.2 Å². The Morgan fingerprint density at radius 3 is 1.13 bits per heavy atom. The van der Waals surface area contributed by atoms with Crippen molar-refractivity contribution in [3.63, 3.8) is 0 Å². The molecular weight excluding hydrogens is 384 g/mol.